The highest BCUT2D eigenvalue weighted by Crippen LogP contribution is 2.15. The van der Waals surface area contributed by atoms with Crippen molar-refractivity contribution in [3.05, 3.63) is 36.4 Å². The maximum absolute atomic E-state index is 4.31. The van der Waals surface area contributed by atoms with E-state index in [4.69, 9.17) is 0 Å². The lowest BCUT2D eigenvalue weighted by Gasteiger charge is -2.08. The molecule has 0 aromatic carbocycles. The predicted octanol–water partition coefficient (Wildman–Crippen LogP) is 2.23. The van der Waals surface area contributed by atoms with Crippen LogP contribution in [0.5, 0.6) is 0 Å². The Morgan fingerprint density at radius 3 is 2.62 bits per heavy atom. The predicted molar refractivity (Wildman–Crippen MR) is 67.3 cm³/mol. The molecule has 0 atom stereocenters. The zero-order valence-corrected chi connectivity index (χ0v) is 9.88. The van der Waals surface area contributed by atoms with E-state index in [-0.39, 0.29) is 0 Å². The van der Waals surface area contributed by atoms with Gasteiger partial charge in [-0.2, -0.15) is 0 Å². The molecule has 0 amide bonds. The summed E-state index contributed by atoms with van der Waals surface area (Å²) >= 11 is 0. The highest BCUT2D eigenvalue weighted by molar-refractivity contribution is 6.03. The van der Waals surface area contributed by atoms with Crippen LogP contribution in [0.15, 0.2) is 35.0 Å². The van der Waals surface area contributed by atoms with Crippen LogP contribution in [0.25, 0.3) is 0 Å². The normalized spacial score (nSPS) is 12.4. The van der Waals surface area contributed by atoms with Gasteiger partial charge in [0.1, 0.15) is 5.69 Å². The van der Waals surface area contributed by atoms with Crippen molar-refractivity contribution in [3.63, 3.8) is 0 Å². The second-order valence-corrected chi connectivity index (χ2v) is 3.51. The molecule has 4 nitrogen and oxygen atoms in total. The van der Waals surface area contributed by atoms with Crippen LogP contribution < -0.4 is 0 Å². The molecule has 0 bridgehead atoms. The minimum absolute atomic E-state index is 0.291. The molecule has 0 unspecified atom stereocenters. The van der Waals surface area contributed by atoms with Gasteiger partial charge in [0.15, 0.2) is 5.84 Å². The fourth-order valence-corrected chi connectivity index (χ4v) is 1.29. The summed E-state index contributed by atoms with van der Waals surface area (Å²) in [6, 6.07) is 0. The summed E-state index contributed by atoms with van der Waals surface area (Å²) in [4.78, 5) is 16.9. The Bertz CT molecular complexity index is 419. The highest BCUT2D eigenvalue weighted by Gasteiger charge is 2.13. The number of aromatic nitrogens is 2. The molecule has 1 aromatic rings. The van der Waals surface area contributed by atoms with Gasteiger partial charge in [-0.15, -0.1) is 0 Å². The number of hydrogen-bond donors (Lipinski definition) is 0. The van der Waals surface area contributed by atoms with Crippen molar-refractivity contribution >= 4 is 12.1 Å². The molecule has 0 saturated carbocycles. The third-order valence-corrected chi connectivity index (χ3v) is 2.00. The van der Waals surface area contributed by atoms with E-state index in [9.17, 15) is 0 Å². The lowest BCUT2D eigenvalue weighted by molar-refractivity contribution is 0.806. The molecule has 84 valence electrons. The minimum Gasteiger partial charge on any atom is -0.268 e. The summed E-state index contributed by atoms with van der Waals surface area (Å²) in [5, 5.41) is 0. The molecule has 0 N–H and O–H groups in total. The number of nitrogens with zero attached hydrogens (tertiary/aromatic N) is 4. The van der Waals surface area contributed by atoms with Gasteiger partial charge < -0.3 is 0 Å². The third kappa shape index (κ3) is 2.82. The van der Waals surface area contributed by atoms with Crippen LogP contribution in [0, 0.1) is 0 Å². The average Bonchev–Trinajstić information content (AvgIpc) is 2.30. The summed E-state index contributed by atoms with van der Waals surface area (Å²) in [5.74, 6) is 0.871. The van der Waals surface area contributed by atoms with Crippen LogP contribution >= 0.6 is 0 Å². The Hall–Kier alpha value is -1.84. The van der Waals surface area contributed by atoms with Crippen molar-refractivity contribution in [2.24, 2.45) is 9.98 Å². The van der Waals surface area contributed by atoms with Gasteiger partial charge in [-0.25, -0.2) is 9.98 Å². The van der Waals surface area contributed by atoms with Gasteiger partial charge in [0.2, 0.25) is 0 Å². The van der Waals surface area contributed by atoms with E-state index >= 15 is 0 Å². The Labute approximate surface area is 95.9 Å². The van der Waals surface area contributed by atoms with Crippen molar-refractivity contribution in [1.29, 1.82) is 0 Å². The van der Waals surface area contributed by atoms with E-state index in [0.29, 0.717) is 11.8 Å². The van der Waals surface area contributed by atoms with E-state index in [0.717, 1.165) is 11.4 Å². The monoisotopic (exact) mass is 216 g/mol. The van der Waals surface area contributed by atoms with Crippen LogP contribution in [0.2, 0.25) is 0 Å². The van der Waals surface area contributed by atoms with Crippen molar-refractivity contribution < 1.29 is 0 Å². The fraction of sp³-hybridized carbons (Fsp3) is 0.333. The molecule has 16 heavy (non-hydrogen) atoms. The summed E-state index contributed by atoms with van der Waals surface area (Å²) in [6.45, 7) is 7.71. The maximum atomic E-state index is 4.31. The van der Waals surface area contributed by atoms with Crippen LogP contribution in [-0.2, 0) is 0 Å². The van der Waals surface area contributed by atoms with Crippen molar-refractivity contribution in [2.75, 3.05) is 7.05 Å². The lowest BCUT2D eigenvalue weighted by atomic mass is 10.1. The smallest absolute Gasteiger partial charge is 0.175 e. The molecule has 1 aromatic heterocycles. The first-order valence-electron chi connectivity index (χ1n) is 5.13. The average molecular weight is 216 g/mol. The molecule has 4 heteroatoms. The van der Waals surface area contributed by atoms with E-state index in [1.807, 2.05) is 0 Å². The first-order chi connectivity index (χ1) is 7.70. The van der Waals surface area contributed by atoms with Gasteiger partial charge >= 0.3 is 0 Å². The summed E-state index contributed by atoms with van der Waals surface area (Å²) < 4.78 is 0. The van der Waals surface area contributed by atoms with Crippen molar-refractivity contribution in [2.45, 2.75) is 19.8 Å². The number of rotatable bonds is 3. The Morgan fingerprint density at radius 2 is 2.06 bits per heavy atom. The van der Waals surface area contributed by atoms with Crippen LogP contribution in [-0.4, -0.2) is 29.1 Å². The third-order valence-electron chi connectivity index (χ3n) is 2.00. The van der Waals surface area contributed by atoms with E-state index < -0.39 is 0 Å². The van der Waals surface area contributed by atoms with Crippen molar-refractivity contribution in [3.8, 4) is 0 Å². The number of amidine groups is 1. The van der Waals surface area contributed by atoms with Gasteiger partial charge in [-0.3, -0.25) is 9.98 Å². The van der Waals surface area contributed by atoms with Gasteiger partial charge in [0, 0.05) is 25.7 Å². The first-order valence-corrected chi connectivity index (χ1v) is 5.13. The van der Waals surface area contributed by atoms with Crippen LogP contribution in [0.4, 0.5) is 0 Å². The van der Waals surface area contributed by atoms with E-state index in [1.54, 1.807) is 31.7 Å². The second kappa shape index (κ2) is 5.90. The fourth-order valence-electron chi connectivity index (χ4n) is 1.29. The molecule has 1 heterocycles. The summed E-state index contributed by atoms with van der Waals surface area (Å²) in [6.07, 6.45) is 6.54. The standard InChI is InChI=1S/C12H16N4/c1-5-6-16-12(13-4)11-10(9(2)3)14-7-8-15-11/h5-9H,1H2,2-4H3. The highest BCUT2D eigenvalue weighted by atomic mass is 14.9. The SMILES string of the molecule is C=CC=NC(=NC)c1nccnc1C(C)C. The van der Waals surface area contributed by atoms with Gasteiger partial charge in [0.05, 0.1) is 5.69 Å². The Balaban J connectivity index is 3.20. The number of hydrogen-bond acceptors (Lipinski definition) is 3. The summed E-state index contributed by atoms with van der Waals surface area (Å²) in [5.41, 5.74) is 1.64. The first kappa shape index (κ1) is 12.2. The zero-order chi connectivity index (χ0) is 12.0. The zero-order valence-electron chi connectivity index (χ0n) is 9.88. The molecule has 0 aliphatic carbocycles. The molecule has 0 aliphatic heterocycles. The summed E-state index contributed by atoms with van der Waals surface area (Å²) in [7, 11) is 1.69. The Kier molecular flexibility index (Phi) is 4.51. The van der Waals surface area contributed by atoms with Gasteiger partial charge in [-0.1, -0.05) is 26.5 Å². The lowest BCUT2D eigenvalue weighted by Crippen LogP contribution is -2.09. The molecule has 0 fully saturated rings. The van der Waals surface area contributed by atoms with Crippen LogP contribution in [0.1, 0.15) is 31.2 Å². The molecular weight excluding hydrogens is 200 g/mol. The minimum atomic E-state index is 0.291. The van der Waals surface area contributed by atoms with E-state index in [1.165, 1.54) is 0 Å². The molecule has 0 radical (unpaired) electrons. The van der Waals surface area contributed by atoms with Gasteiger partial charge in [-0.05, 0) is 5.92 Å². The molecular formula is C12H16N4. The molecule has 0 spiro atoms. The molecule has 0 aliphatic rings. The number of allylic oxidation sites excluding steroid dienone is 1. The topological polar surface area (TPSA) is 50.5 Å². The van der Waals surface area contributed by atoms with Crippen LogP contribution in [0.3, 0.4) is 0 Å². The largest absolute Gasteiger partial charge is 0.268 e. The van der Waals surface area contributed by atoms with E-state index in [2.05, 4.69) is 40.4 Å². The maximum Gasteiger partial charge on any atom is 0.175 e. The molecule has 1 rings (SSSR count). The van der Waals surface area contributed by atoms with Crippen molar-refractivity contribution in [1.82, 2.24) is 9.97 Å². The Morgan fingerprint density at radius 1 is 1.38 bits per heavy atom. The van der Waals surface area contributed by atoms with Gasteiger partial charge in [0.25, 0.3) is 0 Å². The number of aliphatic imine (C=N–C) groups is 2. The quantitative estimate of drug-likeness (QED) is 0.574. The molecule has 0 saturated heterocycles. The second-order valence-electron chi connectivity index (χ2n) is 3.51.